The summed E-state index contributed by atoms with van der Waals surface area (Å²) in [5.74, 6) is 0. The molecule has 2 heterocycles. The highest BCUT2D eigenvalue weighted by atomic mass is 127. The van der Waals surface area contributed by atoms with Gasteiger partial charge in [-0.25, -0.2) is 0 Å². The van der Waals surface area contributed by atoms with Gasteiger partial charge in [0, 0.05) is 3.58 Å². The Morgan fingerprint density at radius 2 is 2.20 bits per heavy atom. The summed E-state index contributed by atoms with van der Waals surface area (Å²) in [6.07, 6.45) is 8.00. The summed E-state index contributed by atoms with van der Waals surface area (Å²) in [5, 5.41) is 16.0. The standard InChI is InChI=1S/C11H14IN3/c12-9-1-4-15-10(7-9)11(8-13)2-5-14-6-3-11/h1,4,7,10,14-15H,2-3,5-6H2. The molecule has 0 spiro atoms. The van der Waals surface area contributed by atoms with Crippen molar-refractivity contribution >= 4 is 22.6 Å². The summed E-state index contributed by atoms with van der Waals surface area (Å²) in [6, 6.07) is 2.69. The van der Waals surface area contributed by atoms with E-state index in [1.54, 1.807) is 0 Å². The second kappa shape index (κ2) is 4.54. The molecule has 2 rings (SSSR count). The molecule has 1 fully saturated rings. The molecule has 1 saturated heterocycles. The molecule has 0 aromatic rings. The SMILES string of the molecule is N#CC1(C2C=C(I)C=CN2)CCNCC1. The van der Waals surface area contributed by atoms with Gasteiger partial charge in [0.1, 0.15) is 0 Å². The highest BCUT2D eigenvalue weighted by Gasteiger charge is 2.39. The molecule has 0 aromatic heterocycles. The Balaban J connectivity index is 2.20. The third-order valence-electron chi connectivity index (χ3n) is 3.16. The van der Waals surface area contributed by atoms with Gasteiger partial charge >= 0.3 is 0 Å². The summed E-state index contributed by atoms with van der Waals surface area (Å²) in [5.41, 5.74) is -0.230. The number of hydrogen-bond donors (Lipinski definition) is 2. The van der Waals surface area contributed by atoms with Crippen molar-refractivity contribution < 1.29 is 0 Å². The van der Waals surface area contributed by atoms with E-state index in [2.05, 4.69) is 45.4 Å². The molecule has 0 aliphatic carbocycles. The van der Waals surface area contributed by atoms with Crippen LogP contribution in [0.3, 0.4) is 0 Å². The van der Waals surface area contributed by atoms with Crippen molar-refractivity contribution in [1.82, 2.24) is 10.6 Å². The third kappa shape index (κ3) is 2.18. The summed E-state index contributed by atoms with van der Waals surface area (Å²) in [7, 11) is 0. The zero-order valence-corrected chi connectivity index (χ0v) is 10.6. The maximum Gasteiger partial charge on any atom is 0.0834 e. The van der Waals surface area contributed by atoms with Gasteiger partial charge in [-0.05, 0) is 66.9 Å². The van der Waals surface area contributed by atoms with E-state index < -0.39 is 0 Å². The first kappa shape index (κ1) is 11.0. The van der Waals surface area contributed by atoms with Crippen molar-refractivity contribution in [1.29, 1.82) is 5.26 Å². The van der Waals surface area contributed by atoms with Gasteiger partial charge in [-0.3, -0.25) is 0 Å². The molecule has 0 bridgehead atoms. The molecule has 4 heteroatoms. The number of hydrogen-bond acceptors (Lipinski definition) is 3. The second-order valence-electron chi connectivity index (χ2n) is 4.05. The lowest BCUT2D eigenvalue weighted by Crippen LogP contribution is -2.48. The maximum absolute atomic E-state index is 9.41. The van der Waals surface area contributed by atoms with Crippen molar-refractivity contribution in [3.63, 3.8) is 0 Å². The van der Waals surface area contributed by atoms with Crippen molar-refractivity contribution in [3.05, 3.63) is 21.9 Å². The number of dihydropyridines is 1. The van der Waals surface area contributed by atoms with Crippen LogP contribution in [0.25, 0.3) is 0 Å². The van der Waals surface area contributed by atoms with E-state index in [0.717, 1.165) is 25.9 Å². The molecule has 80 valence electrons. The first-order chi connectivity index (χ1) is 7.27. The Kier molecular flexibility index (Phi) is 3.32. The lowest BCUT2D eigenvalue weighted by Gasteiger charge is -2.38. The normalized spacial score (nSPS) is 28.8. The Hall–Kier alpha value is -0.540. The summed E-state index contributed by atoms with van der Waals surface area (Å²) < 4.78 is 1.21. The predicted octanol–water partition coefficient (Wildman–Crippen LogP) is 1.68. The molecular formula is C11H14IN3. The van der Waals surface area contributed by atoms with Crippen LogP contribution in [-0.4, -0.2) is 19.1 Å². The van der Waals surface area contributed by atoms with Crippen LogP contribution >= 0.6 is 22.6 Å². The molecular weight excluding hydrogens is 301 g/mol. The van der Waals surface area contributed by atoms with Crippen molar-refractivity contribution in [2.75, 3.05) is 13.1 Å². The van der Waals surface area contributed by atoms with Crippen LogP contribution in [0, 0.1) is 16.7 Å². The molecule has 0 saturated carbocycles. The van der Waals surface area contributed by atoms with E-state index in [1.807, 2.05) is 12.3 Å². The fraction of sp³-hybridized carbons (Fsp3) is 0.545. The Morgan fingerprint density at radius 3 is 2.80 bits per heavy atom. The number of allylic oxidation sites excluding steroid dienone is 2. The average Bonchev–Trinajstić information content (AvgIpc) is 2.30. The van der Waals surface area contributed by atoms with Gasteiger partial charge in [-0.1, -0.05) is 0 Å². The van der Waals surface area contributed by atoms with Crippen LogP contribution < -0.4 is 10.6 Å². The molecule has 0 amide bonds. The number of rotatable bonds is 1. The Bertz CT molecular complexity index is 334. The molecule has 1 unspecified atom stereocenters. The van der Waals surface area contributed by atoms with Gasteiger partial charge in [0.25, 0.3) is 0 Å². The van der Waals surface area contributed by atoms with Crippen molar-refractivity contribution in [2.24, 2.45) is 5.41 Å². The molecule has 0 aromatic carbocycles. The van der Waals surface area contributed by atoms with Gasteiger partial charge in [0.05, 0.1) is 17.5 Å². The molecule has 2 N–H and O–H groups in total. The lowest BCUT2D eigenvalue weighted by molar-refractivity contribution is 0.239. The maximum atomic E-state index is 9.41. The van der Waals surface area contributed by atoms with Crippen LogP contribution in [0.5, 0.6) is 0 Å². The molecule has 3 nitrogen and oxygen atoms in total. The van der Waals surface area contributed by atoms with Gasteiger partial charge in [-0.2, -0.15) is 5.26 Å². The highest BCUT2D eigenvalue weighted by molar-refractivity contribution is 14.1. The summed E-state index contributed by atoms with van der Waals surface area (Å²) in [6.45, 7) is 1.89. The summed E-state index contributed by atoms with van der Waals surface area (Å²) in [4.78, 5) is 0. The fourth-order valence-electron chi connectivity index (χ4n) is 2.18. The predicted molar refractivity (Wildman–Crippen MR) is 68.3 cm³/mol. The largest absolute Gasteiger partial charge is 0.383 e. The van der Waals surface area contributed by atoms with E-state index >= 15 is 0 Å². The van der Waals surface area contributed by atoms with E-state index in [0.29, 0.717) is 0 Å². The Morgan fingerprint density at radius 1 is 1.47 bits per heavy atom. The van der Waals surface area contributed by atoms with Gasteiger partial charge in [-0.15, -0.1) is 0 Å². The monoisotopic (exact) mass is 315 g/mol. The second-order valence-corrected chi connectivity index (χ2v) is 5.29. The molecule has 15 heavy (non-hydrogen) atoms. The van der Waals surface area contributed by atoms with Crippen LogP contribution in [0.4, 0.5) is 0 Å². The van der Waals surface area contributed by atoms with E-state index in [9.17, 15) is 5.26 Å². The quantitative estimate of drug-likeness (QED) is 0.724. The zero-order valence-electron chi connectivity index (χ0n) is 8.46. The van der Waals surface area contributed by atoms with E-state index in [4.69, 9.17) is 0 Å². The van der Waals surface area contributed by atoms with Gasteiger partial charge < -0.3 is 10.6 Å². The van der Waals surface area contributed by atoms with E-state index in [-0.39, 0.29) is 11.5 Å². The van der Waals surface area contributed by atoms with Crippen molar-refractivity contribution in [2.45, 2.75) is 18.9 Å². The van der Waals surface area contributed by atoms with Crippen LogP contribution in [0.1, 0.15) is 12.8 Å². The minimum atomic E-state index is -0.230. The lowest BCUT2D eigenvalue weighted by atomic mass is 9.73. The molecule has 0 radical (unpaired) electrons. The van der Waals surface area contributed by atoms with Crippen LogP contribution in [0.15, 0.2) is 21.9 Å². The zero-order chi connectivity index (χ0) is 10.7. The van der Waals surface area contributed by atoms with Gasteiger partial charge in [0.2, 0.25) is 0 Å². The van der Waals surface area contributed by atoms with E-state index in [1.165, 1.54) is 3.58 Å². The number of halogens is 1. The molecule has 1 atom stereocenters. The van der Waals surface area contributed by atoms with Crippen molar-refractivity contribution in [3.8, 4) is 6.07 Å². The average molecular weight is 315 g/mol. The molecule has 2 aliphatic rings. The van der Waals surface area contributed by atoms with Gasteiger partial charge in [0.15, 0.2) is 0 Å². The Labute approximate surface area is 104 Å². The smallest absolute Gasteiger partial charge is 0.0834 e. The number of nitriles is 1. The van der Waals surface area contributed by atoms with Crippen LogP contribution in [0.2, 0.25) is 0 Å². The minimum absolute atomic E-state index is 0.168. The topological polar surface area (TPSA) is 47.9 Å². The summed E-state index contributed by atoms with van der Waals surface area (Å²) >= 11 is 2.30. The third-order valence-corrected chi connectivity index (χ3v) is 3.88. The molecule has 2 aliphatic heterocycles. The fourth-order valence-corrected chi connectivity index (χ4v) is 2.72. The highest BCUT2D eigenvalue weighted by Crippen LogP contribution is 2.34. The first-order valence-electron chi connectivity index (χ1n) is 5.19. The number of piperidine rings is 1. The number of nitrogens with one attached hydrogen (secondary N) is 2. The first-order valence-corrected chi connectivity index (χ1v) is 6.27. The minimum Gasteiger partial charge on any atom is -0.383 e. The van der Waals surface area contributed by atoms with Crippen LogP contribution in [-0.2, 0) is 0 Å². The number of nitrogens with zero attached hydrogens (tertiary/aromatic N) is 1.